The molecule has 2 aromatic rings. The fraction of sp³-hybridized carbons (Fsp3) is 0.409. The summed E-state index contributed by atoms with van der Waals surface area (Å²) >= 11 is 0. The molecule has 2 aromatic carbocycles. The Labute approximate surface area is 165 Å². The van der Waals surface area contributed by atoms with Gasteiger partial charge < -0.3 is 25.6 Å². The van der Waals surface area contributed by atoms with Gasteiger partial charge in [-0.3, -0.25) is 4.79 Å². The molecule has 0 saturated heterocycles. The number of aliphatic hydroxyl groups is 1. The first kappa shape index (κ1) is 20.2. The van der Waals surface area contributed by atoms with Crippen molar-refractivity contribution in [1.29, 1.82) is 0 Å². The number of rotatable bonds is 8. The summed E-state index contributed by atoms with van der Waals surface area (Å²) in [6.07, 6.45) is 2.07. The van der Waals surface area contributed by atoms with Crippen LogP contribution in [-0.2, 0) is 0 Å². The van der Waals surface area contributed by atoms with Gasteiger partial charge in [-0.2, -0.15) is 0 Å². The molecule has 1 fully saturated rings. The maximum Gasteiger partial charge on any atom is 0.251 e. The van der Waals surface area contributed by atoms with E-state index in [2.05, 4.69) is 5.32 Å². The van der Waals surface area contributed by atoms with Gasteiger partial charge in [0.2, 0.25) is 0 Å². The van der Waals surface area contributed by atoms with E-state index < -0.39 is 6.10 Å². The highest BCUT2D eigenvalue weighted by Gasteiger charge is 2.34. The second kappa shape index (κ2) is 10.1. The van der Waals surface area contributed by atoms with E-state index in [1.807, 2.05) is 30.3 Å². The number of carbonyl (C=O) groups excluding carboxylic acids is 1. The van der Waals surface area contributed by atoms with Crippen LogP contribution in [0, 0.1) is 0 Å². The molecule has 6 heteroatoms. The van der Waals surface area contributed by atoms with Crippen LogP contribution >= 0.6 is 0 Å². The average molecular weight is 384 g/mol. The quantitative estimate of drug-likeness (QED) is 0.608. The first-order valence-electron chi connectivity index (χ1n) is 9.81. The van der Waals surface area contributed by atoms with Gasteiger partial charge in [0.05, 0.1) is 12.6 Å². The number of aliphatic hydroxyl groups excluding tert-OH is 1. The van der Waals surface area contributed by atoms with Crippen molar-refractivity contribution < 1.29 is 19.4 Å². The van der Waals surface area contributed by atoms with Crippen molar-refractivity contribution in [3.8, 4) is 11.5 Å². The number of hydrogen-bond acceptors (Lipinski definition) is 5. The van der Waals surface area contributed by atoms with E-state index in [4.69, 9.17) is 15.2 Å². The lowest BCUT2D eigenvalue weighted by molar-refractivity contribution is -0.0140. The molecule has 0 radical (unpaired) electrons. The number of ether oxygens (including phenoxy) is 2. The summed E-state index contributed by atoms with van der Waals surface area (Å²) in [5.41, 5.74) is 5.98. The van der Waals surface area contributed by atoms with E-state index in [9.17, 15) is 9.90 Å². The monoisotopic (exact) mass is 384 g/mol. The third-order valence-corrected chi connectivity index (χ3v) is 4.88. The molecule has 0 heterocycles. The number of nitrogens with two attached hydrogens (primary N) is 1. The minimum absolute atomic E-state index is 0.210. The molecule has 3 atom stereocenters. The van der Waals surface area contributed by atoms with Crippen molar-refractivity contribution in [1.82, 2.24) is 5.32 Å². The van der Waals surface area contributed by atoms with Crippen molar-refractivity contribution in [3.05, 3.63) is 60.2 Å². The van der Waals surface area contributed by atoms with Gasteiger partial charge in [-0.15, -0.1) is 0 Å². The van der Waals surface area contributed by atoms with Crippen LogP contribution in [0.25, 0.3) is 0 Å². The highest BCUT2D eigenvalue weighted by Crippen LogP contribution is 2.25. The highest BCUT2D eigenvalue weighted by atomic mass is 16.5. The SMILES string of the molecule is NCCCOc1ccc(C(=O)N[C@@H]2CCC[C@@H](Oc3ccccc3)[C@@H]2O)cc1. The summed E-state index contributed by atoms with van der Waals surface area (Å²) in [5.74, 6) is 1.22. The van der Waals surface area contributed by atoms with E-state index in [1.165, 1.54) is 0 Å². The third kappa shape index (κ3) is 5.47. The Bertz CT molecular complexity index is 736. The predicted octanol–water partition coefficient (Wildman–Crippen LogP) is 2.51. The van der Waals surface area contributed by atoms with Crippen LogP contribution in [0.3, 0.4) is 0 Å². The van der Waals surface area contributed by atoms with Crippen LogP contribution in [0.2, 0.25) is 0 Å². The van der Waals surface area contributed by atoms with Gasteiger partial charge in [0, 0.05) is 5.56 Å². The second-order valence-corrected chi connectivity index (χ2v) is 6.99. The molecule has 1 aliphatic rings. The first-order valence-corrected chi connectivity index (χ1v) is 9.81. The Kier molecular flexibility index (Phi) is 7.28. The number of benzene rings is 2. The molecule has 0 unspecified atom stereocenters. The topological polar surface area (TPSA) is 93.8 Å². The molecule has 150 valence electrons. The summed E-state index contributed by atoms with van der Waals surface area (Å²) in [7, 11) is 0. The van der Waals surface area contributed by atoms with Gasteiger partial charge in [0.25, 0.3) is 5.91 Å². The smallest absolute Gasteiger partial charge is 0.251 e. The molecule has 0 aromatic heterocycles. The van der Waals surface area contributed by atoms with Gasteiger partial charge in [-0.1, -0.05) is 18.2 Å². The average Bonchev–Trinajstić information content (AvgIpc) is 2.72. The number of hydrogen-bond donors (Lipinski definition) is 3. The van der Waals surface area contributed by atoms with Crippen molar-refractivity contribution in [2.24, 2.45) is 5.73 Å². The number of nitrogens with one attached hydrogen (secondary N) is 1. The first-order chi connectivity index (χ1) is 13.7. The zero-order chi connectivity index (χ0) is 19.8. The van der Waals surface area contributed by atoms with E-state index >= 15 is 0 Å². The lowest BCUT2D eigenvalue weighted by atomic mass is 9.89. The maximum atomic E-state index is 12.6. The highest BCUT2D eigenvalue weighted by molar-refractivity contribution is 5.94. The molecule has 0 bridgehead atoms. The van der Waals surface area contributed by atoms with Crippen LogP contribution in [0.15, 0.2) is 54.6 Å². The molecule has 4 N–H and O–H groups in total. The number of para-hydroxylation sites is 1. The van der Waals surface area contributed by atoms with Gasteiger partial charge in [-0.25, -0.2) is 0 Å². The molecule has 1 aliphatic carbocycles. The van der Waals surface area contributed by atoms with E-state index in [1.54, 1.807) is 24.3 Å². The van der Waals surface area contributed by atoms with Crippen LogP contribution in [0.1, 0.15) is 36.0 Å². The fourth-order valence-corrected chi connectivity index (χ4v) is 3.33. The number of amides is 1. The maximum absolute atomic E-state index is 12.6. The summed E-state index contributed by atoms with van der Waals surface area (Å²) in [6, 6.07) is 16.1. The minimum Gasteiger partial charge on any atom is -0.494 e. The molecular formula is C22H28N2O4. The van der Waals surface area contributed by atoms with Crippen LogP contribution in [-0.4, -0.2) is 42.4 Å². The van der Waals surface area contributed by atoms with Crippen LogP contribution < -0.4 is 20.5 Å². The molecule has 0 aliphatic heterocycles. The summed E-state index contributed by atoms with van der Waals surface area (Å²) in [4.78, 5) is 12.6. The van der Waals surface area contributed by atoms with Gasteiger partial charge in [0.1, 0.15) is 23.7 Å². The molecule has 1 amide bonds. The minimum atomic E-state index is -0.753. The summed E-state index contributed by atoms with van der Waals surface area (Å²) < 4.78 is 11.5. The third-order valence-electron chi connectivity index (χ3n) is 4.88. The molecule has 28 heavy (non-hydrogen) atoms. The molecule has 0 spiro atoms. The Hall–Kier alpha value is -2.57. The lowest BCUT2D eigenvalue weighted by Gasteiger charge is -2.35. The van der Waals surface area contributed by atoms with E-state index in [0.29, 0.717) is 24.5 Å². The van der Waals surface area contributed by atoms with Crippen molar-refractivity contribution in [3.63, 3.8) is 0 Å². The van der Waals surface area contributed by atoms with Crippen molar-refractivity contribution in [2.75, 3.05) is 13.2 Å². The molecule has 1 saturated carbocycles. The Morgan fingerprint density at radius 2 is 1.82 bits per heavy atom. The molecular weight excluding hydrogens is 356 g/mol. The van der Waals surface area contributed by atoms with Crippen LogP contribution in [0.4, 0.5) is 0 Å². The van der Waals surface area contributed by atoms with Gasteiger partial charge >= 0.3 is 0 Å². The molecule has 6 nitrogen and oxygen atoms in total. The Morgan fingerprint density at radius 1 is 1.07 bits per heavy atom. The zero-order valence-corrected chi connectivity index (χ0v) is 15.9. The predicted molar refractivity (Wildman–Crippen MR) is 108 cm³/mol. The zero-order valence-electron chi connectivity index (χ0n) is 15.9. The van der Waals surface area contributed by atoms with Crippen molar-refractivity contribution in [2.45, 2.75) is 43.9 Å². The van der Waals surface area contributed by atoms with Gasteiger partial charge in [0.15, 0.2) is 0 Å². The normalized spacial score (nSPS) is 21.7. The van der Waals surface area contributed by atoms with Crippen LogP contribution in [0.5, 0.6) is 11.5 Å². The standard InChI is InChI=1S/C22H28N2O4/c23-14-5-15-27-17-12-10-16(11-13-17)22(26)24-19-8-4-9-20(21(19)25)28-18-6-2-1-3-7-18/h1-3,6-7,10-13,19-21,25H,4-5,8-9,14-15,23H2,(H,24,26)/t19-,20-,21-/m1/s1. The Morgan fingerprint density at radius 3 is 2.54 bits per heavy atom. The van der Waals surface area contributed by atoms with Crippen molar-refractivity contribution >= 4 is 5.91 Å². The fourth-order valence-electron chi connectivity index (χ4n) is 3.33. The Balaban J connectivity index is 1.55. The number of carbonyl (C=O) groups is 1. The lowest BCUT2D eigenvalue weighted by Crippen LogP contribution is -2.52. The largest absolute Gasteiger partial charge is 0.494 e. The van der Waals surface area contributed by atoms with Gasteiger partial charge in [-0.05, 0) is 68.6 Å². The molecule has 3 rings (SSSR count). The summed E-state index contributed by atoms with van der Waals surface area (Å²) in [5, 5.41) is 13.6. The summed E-state index contributed by atoms with van der Waals surface area (Å²) in [6.45, 7) is 1.14. The second-order valence-electron chi connectivity index (χ2n) is 6.99. The van der Waals surface area contributed by atoms with E-state index in [0.717, 1.165) is 31.4 Å². The van der Waals surface area contributed by atoms with E-state index in [-0.39, 0.29) is 18.1 Å².